The molecular weight excluding hydrogens is 436 g/mol. The van der Waals surface area contributed by atoms with Gasteiger partial charge in [0.15, 0.2) is 0 Å². The van der Waals surface area contributed by atoms with E-state index in [1.807, 2.05) is 43.3 Å². The van der Waals surface area contributed by atoms with Gasteiger partial charge >= 0.3 is 0 Å². The van der Waals surface area contributed by atoms with Crippen molar-refractivity contribution < 1.29 is 5.21 Å². The van der Waals surface area contributed by atoms with Gasteiger partial charge in [-0.25, -0.2) is 0 Å². The standard InChI is InChI=1S/C23H22BrClN2O/c1-14-12-20(25)8-9-21(14)22(17-4-6-19(24)7-5-17)16(3)23(27-28)18-10-11-26-15(2)13-18/h4-13,16,22,28H,1-3H3/b27-23+/t16?,22-/m1/s1. The molecule has 5 heteroatoms. The first-order valence-electron chi connectivity index (χ1n) is 9.07. The number of halogens is 2. The van der Waals surface area contributed by atoms with E-state index >= 15 is 0 Å². The van der Waals surface area contributed by atoms with Gasteiger partial charge in [-0.15, -0.1) is 0 Å². The van der Waals surface area contributed by atoms with Crippen LogP contribution in [0.1, 0.15) is 40.8 Å². The second-order valence-electron chi connectivity index (χ2n) is 6.99. The van der Waals surface area contributed by atoms with Crippen molar-refractivity contribution in [2.75, 3.05) is 0 Å². The molecule has 1 aromatic heterocycles. The lowest BCUT2D eigenvalue weighted by molar-refractivity contribution is 0.315. The largest absolute Gasteiger partial charge is 0.411 e. The van der Waals surface area contributed by atoms with E-state index in [-0.39, 0.29) is 11.8 Å². The van der Waals surface area contributed by atoms with Crippen LogP contribution in [0.25, 0.3) is 0 Å². The van der Waals surface area contributed by atoms with Gasteiger partial charge in [0, 0.05) is 38.8 Å². The molecule has 2 aromatic carbocycles. The van der Waals surface area contributed by atoms with Crippen LogP contribution in [0.2, 0.25) is 5.02 Å². The number of hydrogen-bond acceptors (Lipinski definition) is 3. The maximum atomic E-state index is 9.88. The molecule has 1 N–H and O–H groups in total. The van der Waals surface area contributed by atoms with Crippen LogP contribution in [0, 0.1) is 19.8 Å². The van der Waals surface area contributed by atoms with Crippen molar-refractivity contribution in [3.8, 4) is 0 Å². The van der Waals surface area contributed by atoms with Crippen LogP contribution in [0.3, 0.4) is 0 Å². The van der Waals surface area contributed by atoms with Crippen molar-refractivity contribution in [3.63, 3.8) is 0 Å². The Balaban J connectivity index is 2.13. The SMILES string of the molecule is Cc1cc(/C(=N/O)C(C)[C@H](c2ccc(Br)cc2)c2ccc(Cl)cc2C)ccn1. The van der Waals surface area contributed by atoms with Crippen molar-refractivity contribution in [2.45, 2.75) is 26.7 Å². The molecule has 0 aliphatic carbocycles. The molecule has 0 saturated carbocycles. The number of hydrogen-bond donors (Lipinski definition) is 1. The number of aromatic nitrogens is 1. The minimum atomic E-state index is -0.0761. The highest BCUT2D eigenvalue weighted by atomic mass is 79.9. The summed E-state index contributed by atoms with van der Waals surface area (Å²) in [6.07, 6.45) is 1.74. The summed E-state index contributed by atoms with van der Waals surface area (Å²) < 4.78 is 1.02. The summed E-state index contributed by atoms with van der Waals surface area (Å²) in [6.45, 7) is 6.08. The second kappa shape index (κ2) is 8.89. The van der Waals surface area contributed by atoms with Crippen molar-refractivity contribution >= 4 is 33.2 Å². The van der Waals surface area contributed by atoms with E-state index in [0.717, 1.165) is 32.4 Å². The molecule has 3 aromatic rings. The zero-order valence-electron chi connectivity index (χ0n) is 16.0. The van der Waals surface area contributed by atoms with Gasteiger partial charge in [-0.2, -0.15) is 0 Å². The van der Waals surface area contributed by atoms with E-state index in [1.165, 1.54) is 0 Å². The van der Waals surface area contributed by atoms with Gasteiger partial charge in [-0.1, -0.05) is 57.8 Å². The average molecular weight is 458 g/mol. The molecule has 0 aliphatic rings. The Morgan fingerprint density at radius 2 is 1.79 bits per heavy atom. The normalized spacial score (nSPS) is 14.0. The molecule has 0 amide bonds. The zero-order chi connectivity index (χ0) is 20.3. The molecule has 0 bridgehead atoms. The number of pyridine rings is 1. The Kier molecular flexibility index (Phi) is 6.53. The Hall–Kier alpha value is -2.17. The fraction of sp³-hybridized carbons (Fsp3) is 0.217. The van der Waals surface area contributed by atoms with Crippen LogP contribution in [-0.4, -0.2) is 15.9 Å². The van der Waals surface area contributed by atoms with Crippen molar-refractivity contribution in [1.29, 1.82) is 0 Å². The molecule has 0 aliphatic heterocycles. The highest BCUT2D eigenvalue weighted by Gasteiger charge is 2.28. The summed E-state index contributed by atoms with van der Waals surface area (Å²) in [5.74, 6) is -0.0717. The third kappa shape index (κ3) is 4.45. The highest BCUT2D eigenvalue weighted by molar-refractivity contribution is 9.10. The van der Waals surface area contributed by atoms with E-state index in [4.69, 9.17) is 11.6 Å². The second-order valence-corrected chi connectivity index (χ2v) is 8.34. The summed E-state index contributed by atoms with van der Waals surface area (Å²) in [5, 5.41) is 14.3. The Bertz CT molecular complexity index is 1000. The molecule has 0 spiro atoms. The van der Waals surface area contributed by atoms with Gasteiger partial charge in [0.2, 0.25) is 0 Å². The predicted octanol–water partition coefficient (Wildman–Crippen LogP) is 6.76. The van der Waals surface area contributed by atoms with Crippen molar-refractivity contribution in [1.82, 2.24) is 4.98 Å². The van der Waals surface area contributed by atoms with Crippen molar-refractivity contribution in [3.05, 3.63) is 98.2 Å². The molecule has 28 heavy (non-hydrogen) atoms. The van der Waals surface area contributed by atoms with Crippen LogP contribution in [-0.2, 0) is 0 Å². The molecule has 144 valence electrons. The van der Waals surface area contributed by atoms with Gasteiger partial charge in [-0.3, -0.25) is 4.98 Å². The molecule has 0 radical (unpaired) electrons. The molecule has 3 rings (SSSR count). The minimum Gasteiger partial charge on any atom is -0.411 e. The van der Waals surface area contributed by atoms with Crippen LogP contribution in [0.4, 0.5) is 0 Å². The lowest BCUT2D eigenvalue weighted by atomic mass is 9.76. The highest BCUT2D eigenvalue weighted by Crippen LogP contribution is 2.37. The van der Waals surface area contributed by atoms with E-state index < -0.39 is 0 Å². The van der Waals surface area contributed by atoms with Gasteiger partial charge in [-0.05, 0) is 66.9 Å². The fourth-order valence-corrected chi connectivity index (χ4v) is 4.16. The van der Waals surface area contributed by atoms with E-state index in [2.05, 4.69) is 58.1 Å². The summed E-state index contributed by atoms with van der Waals surface area (Å²) in [4.78, 5) is 4.25. The third-order valence-electron chi connectivity index (χ3n) is 5.03. The van der Waals surface area contributed by atoms with E-state index in [9.17, 15) is 5.21 Å². The fourth-order valence-electron chi connectivity index (χ4n) is 3.67. The molecular formula is C23H22BrClN2O. The van der Waals surface area contributed by atoms with Gasteiger partial charge in [0.1, 0.15) is 0 Å². The summed E-state index contributed by atoms with van der Waals surface area (Å²) in [7, 11) is 0. The first-order valence-corrected chi connectivity index (χ1v) is 10.2. The lowest BCUT2D eigenvalue weighted by Crippen LogP contribution is -2.23. The Labute approximate surface area is 179 Å². The number of oxime groups is 1. The summed E-state index contributed by atoms with van der Waals surface area (Å²) in [5.41, 5.74) is 5.80. The van der Waals surface area contributed by atoms with E-state index in [1.54, 1.807) is 6.20 Å². The first-order chi connectivity index (χ1) is 13.4. The molecule has 1 unspecified atom stereocenters. The van der Waals surface area contributed by atoms with Crippen LogP contribution < -0.4 is 0 Å². The molecule has 0 fully saturated rings. The van der Waals surface area contributed by atoms with Crippen molar-refractivity contribution in [2.24, 2.45) is 11.1 Å². The maximum Gasteiger partial charge on any atom is 0.0906 e. The zero-order valence-corrected chi connectivity index (χ0v) is 18.4. The minimum absolute atomic E-state index is 0.00439. The molecule has 3 nitrogen and oxygen atoms in total. The lowest BCUT2D eigenvalue weighted by Gasteiger charge is -2.27. The summed E-state index contributed by atoms with van der Waals surface area (Å²) >= 11 is 9.71. The smallest absolute Gasteiger partial charge is 0.0906 e. The first kappa shape index (κ1) is 20.6. The maximum absolute atomic E-state index is 9.88. The van der Waals surface area contributed by atoms with Gasteiger partial charge in [0.25, 0.3) is 0 Å². The average Bonchev–Trinajstić information content (AvgIpc) is 2.66. The number of nitrogens with zero attached hydrogens (tertiary/aromatic N) is 2. The Morgan fingerprint density at radius 3 is 2.39 bits per heavy atom. The topological polar surface area (TPSA) is 45.5 Å². The monoisotopic (exact) mass is 456 g/mol. The molecule has 1 heterocycles. The van der Waals surface area contributed by atoms with Crippen LogP contribution >= 0.6 is 27.5 Å². The van der Waals surface area contributed by atoms with Gasteiger partial charge < -0.3 is 5.21 Å². The number of aryl methyl sites for hydroxylation is 2. The molecule has 0 saturated heterocycles. The summed E-state index contributed by atoms with van der Waals surface area (Å²) in [6, 6.07) is 18.0. The number of benzene rings is 2. The quantitative estimate of drug-likeness (QED) is 0.261. The Morgan fingerprint density at radius 1 is 1.07 bits per heavy atom. The van der Waals surface area contributed by atoms with Crippen LogP contribution in [0.5, 0.6) is 0 Å². The molecule has 2 atom stereocenters. The van der Waals surface area contributed by atoms with Gasteiger partial charge in [0.05, 0.1) is 5.71 Å². The van der Waals surface area contributed by atoms with Crippen LogP contribution in [0.15, 0.2) is 70.4 Å². The third-order valence-corrected chi connectivity index (χ3v) is 5.79. The predicted molar refractivity (Wildman–Crippen MR) is 119 cm³/mol. The number of rotatable bonds is 5. The van der Waals surface area contributed by atoms with E-state index in [0.29, 0.717) is 10.7 Å².